The van der Waals surface area contributed by atoms with Gasteiger partial charge in [-0.15, -0.1) is 21.5 Å². The van der Waals surface area contributed by atoms with E-state index in [1.807, 2.05) is 18.2 Å². The second kappa shape index (κ2) is 5.10. The van der Waals surface area contributed by atoms with Crippen LogP contribution >= 0.6 is 11.3 Å². The summed E-state index contributed by atoms with van der Waals surface area (Å²) < 4.78 is 6.34. The van der Waals surface area contributed by atoms with Crippen LogP contribution in [0.1, 0.15) is 10.9 Å². The SMILES string of the molecule is c1ccc(-c2ccc3nc(Cc4nnco4)sc3c2)cc1. The van der Waals surface area contributed by atoms with E-state index >= 15 is 0 Å². The first-order chi connectivity index (χ1) is 10.4. The summed E-state index contributed by atoms with van der Waals surface area (Å²) in [4.78, 5) is 4.61. The number of hydrogen-bond donors (Lipinski definition) is 0. The summed E-state index contributed by atoms with van der Waals surface area (Å²) in [5, 5.41) is 8.57. The van der Waals surface area contributed by atoms with E-state index in [-0.39, 0.29) is 0 Å². The molecule has 0 amide bonds. The molecule has 2 heterocycles. The van der Waals surface area contributed by atoms with Crippen molar-refractivity contribution in [2.75, 3.05) is 0 Å². The van der Waals surface area contributed by atoms with Crippen LogP contribution in [-0.4, -0.2) is 15.2 Å². The van der Waals surface area contributed by atoms with Gasteiger partial charge in [-0.2, -0.15) is 0 Å². The maximum atomic E-state index is 5.17. The number of thiazole rings is 1. The van der Waals surface area contributed by atoms with E-state index in [1.54, 1.807) is 11.3 Å². The normalized spacial score (nSPS) is 11.0. The number of rotatable bonds is 3. The molecule has 0 spiro atoms. The largest absolute Gasteiger partial charge is 0.428 e. The third-order valence-electron chi connectivity index (χ3n) is 3.25. The molecule has 4 aromatic rings. The number of nitrogens with zero attached hydrogens (tertiary/aromatic N) is 3. The molecule has 0 N–H and O–H groups in total. The summed E-state index contributed by atoms with van der Waals surface area (Å²) in [7, 11) is 0. The molecule has 21 heavy (non-hydrogen) atoms. The summed E-state index contributed by atoms with van der Waals surface area (Å²) in [5.41, 5.74) is 3.43. The highest BCUT2D eigenvalue weighted by Gasteiger charge is 2.09. The topological polar surface area (TPSA) is 51.8 Å². The Labute approximate surface area is 125 Å². The first kappa shape index (κ1) is 12.2. The number of fused-ring (bicyclic) bond motifs is 1. The van der Waals surface area contributed by atoms with Crippen molar-refractivity contribution >= 4 is 21.6 Å². The van der Waals surface area contributed by atoms with Crippen molar-refractivity contribution in [3.8, 4) is 11.1 Å². The van der Waals surface area contributed by atoms with Crippen LogP contribution in [0.5, 0.6) is 0 Å². The van der Waals surface area contributed by atoms with Gasteiger partial charge in [0, 0.05) is 0 Å². The Morgan fingerprint density at radius 2 is 1.90 bits per heavy atom. The van der Waals surface area contributed by atoms with Crippen molar-refractivity contribution < 1.29 is 4.42 Å². The van der Waals surface area contributed by atoms with Crippen molar-refractivity contribution in [2.45, 2.75) is 6.42 Å². The molecule has 0 unspecified atom stereocenters. The Morgan fingerprint density at radius 1 is 1.00 bits per heavy atom. The third kappa shape index (κ3) is 2.43. The van der Waals surface area contributed by atoms with E-state index < -0.39 is 0 Å². The van der Waals surface area contributed by atoms with Crippen LogP contribution in [0.2, 0.25) is 0 Å². The molecule has 4 rings (SSSR count). The second-order valence-corrected chi connectivity index (χ2v) is 5.78. The molecule has 0 aliphatic rings. The molecule has 102 valence electrons. The van der Waals surface area contributed by atoms with Gasteiger partial charge in [0.25, 0.3) is 0 Å². The van der Waals surface area contributed by atoms with E-state index in [2.05, 4.69) is 45.5 Å². The zero-order valence-electron chi connectivity index (χ0n) is 11.1. The molecule has 0 atom stereocenters. The van der Waals surface area contributed by atoms with Crippen molar-refractivity contribution in [3.05, 3.63) is 65.8 Å². The minimum atomic E-state index is 0.583. The number of hydrogen-bond acceptors (Lipinski definition) is 5. The van der Waals surface area contributed by atoms with Crippen molar-refractivity contribution in [1.29, 1.82) is 0 Å². The first-order valence-electron chi connectivity index (χ1n) is 6.58. The van der Waals surface area contributed by atoms with Crippen LogP contribution < -0.4 is 0 Å². The van der Waals surface area contributed by atoms with Gasteiger partial charge in [0.2, 0.25) is 12.3 Å². The Hall–Kier alpha value is -2.53. The molecular formula is C16H11N3OS. The molecule has 0 fully saturated rings. The minimum absolute atomic E-state index is 0.583. The molecule has 0 bridgehead atoms. The Balaban J connectivity index is 1.71. The van der Waals surface area contributed by atoms with E-state index in [0.29, 0.717) is 12.3 Å². The van der Waals surface area contributed by atoms with E-state index in [0.717, 1.165) is 10.5 Å². The lowest BCUT2D eigenvalue weighted by molar-refractivity contribution is 0.504. The van der Waals surface area contributed by atoms with Gasteiger partial charge < -0.3 is 4.42 Å². The predicted molar refractivity (Wildman–Crippen MR) is 82.2 cm³/mol. The fraction of sp³-hybridized carbons (Fsp3) is 0.0625. The molecular weight excluding hydrogens is 282 g/mol. The summed E-state index contributed by atoms with van der Waals surface area (Å²) in [5.74, 6) is 0.595. The van der Waals surface area contributed by atoms with Crippen molar-refractivity contribution in [2.24, 2.45) is 0 Å². The number of aromatic nitrogens is 3. The molecule has 2 aromatic heterocycles. The Morgan fingerprint density at radius 3 is 2.71 bits per heavy atom. The molecule has 0 radical (unpaired) electrons. The van der Waals surface area contributed by atoms with E-state index in [1.165, 1.54) is 22.2 Å². The zero-order valence-corrected chi connectivity index (χ0v) is 11.9. The average molecular weight is 293 g/mol. The fourth-order valence-electron chi connectivity index (χ4n) is 2.26. The lowest BCUT2D eigenvalue weighted by atomic mass is 10.1. The van der Waals surface area contributed by atoms with Gasteiger partial charge in [-0.05, 0) is 23.3 Å². The average Bonchev–Trinajstić information content (AvgIpc) is 3.16. The molecule has 0 aliphatic heterocycles. The van der Waals surface area contributed by atoms with Crippen LogP contribution in [-0.2, 0) is 6.42 Å². The van der Waals surface area contributed by atoms with Crippen molar-refractivity contribution in [1.82, 2.24) is 15.2 Å². The summed E-state index contributed by atoms with van der Waals surface area (Å²) in [6.07, 6.45) is 1.93. The highest BCUT2D eigenvalue weighted by atomic mass is 32.1. The van der Waals surface area contributed by atoms with Crippen LogP contribution in [0.15, 0.2) is 59.3 Å². The zero-order chi connectivity index (χ0) is 14.1. The summed E-state index contributed by atoms with van der Waals surface area (Å²) in [6.45, 7) is 0. The number of benzene rings is 2. The van der Waals surface area contributed by atoms with Crippen LogP contribution in [0.25, 0.3) is 21.3 Å². The molecule has 0 saturated carbocycles. The monoisotopic (exact) mass is 293 g/mol. The quantitative estimate of drug-likeness (QED) is 0.574. The molecule has 0 aliphatic carbocycles. The second-order valence-electron chi connectivity index (χ2n) is 4.67. The fourth-order valence-corrected chi connectivity index (χ4v) is 3.26. The van der Waals surface area contributed by atoms with Gasteiger partial charge in [0.15, 0.2) is 0 Å². The van der Waals surface area contributed by atoms with E-state index in [9.17, 15) is 0 Å². The van der Waals surface area contributed by atoms with Gasteiger partial charge in [0.1, 0.15) is 5.01 Å². The third-order valence-corrected chi connectivity index (χ3v) is 4.27. The standard InChI is InChI=1S/C16H11N3OS/c1-2-4-11(5-3-1)12-6-7-13-14(8-12)21-16(18-13)9-15-19-17-10-20-15/h1-8,10H,9H2. The Bertz CT molecular complexity index is 869. The highest BCUT2D eigenvalue weighted by molar-refractivity contribution is 7.18. The molecule has 4 nitrogen and oxygen atoms in total. The van der Waals surface area contributed by atoms with Gasteiger partial charge in [-0.25, -0.2) is 4.98 Å². The Kier molecular flexibility index (Phi) is 2.97. The summed E-state index contributed by atoms with van der Waals surface area (Å²) >= 11 is 1.67. The minimum Gasteiger partial charge on any atom is -0.428 e. The predicted octanol–water partition coefficient (Wildman–Crippen LogP) is 3.94. The highest BCUT2D eigenvalue weighted by Crippen LogP contribution is 2.28. The maximum Gasteiger partial charge on any atom is 0.223 e. The van der Waals surface area contributed by atoms with Crippen LogP contribution in [0, 0.1) is 0 Å². The molecule has 0 saturated heterocycles. The molecule has 5 heteroatoms. The van der Waals surface area contributed by atoms with Crippen LogP contribution in [0.4, 0.5) is 0 Å². The van der Waals surface area contributed by atoms with Crippen molar-refractivity contribution in [3.63, 3.8) is 0 Å². The van der Waals surface area contributed by atoms with Gasteiger partial charge in [-0.3, -0.25) is 0 Å². The molecule has 2 aromatic carbocycles. The lowest BCUT2D eigenvalue weighted by Crippen LogP contribution is -1.86. The first-order valence-corrected chi connectivity index (χ1v) is 7.40. The van der Waals surface area contributed by atoms with E-state index in [4.69, 9.17) is 4.42 Å². The lowest BCUT2D eigenvalue weighted by Gasteiger charge is -2.00. The maximum absolute atomic E-state index is 5.17. The van der Waals surface area contributed by atoms with Crippen LogP contribution in [0.3, 0.4) is 0 Å². The smallest absolute Gasteiger partial charge is 0.223 e. The van der Waals surface area contributed by atoms with Gasteiger partial charge in [-0.1, -0.05) is 36.4 Å². The van der Waals surface area contributed by atoms with Gasteiger partial charge >= 0.3 is 0 Å². The summed E-state index contributed by atoms with van der Waals surface area (Å²) in [6, 6.07) is 16.7. The van der Waals surface area contributed by atoms with Gasteiger partial charge in [0.05, 0.1) is 16.6 Å².